The average Bonchev–Trinajstić information content (AvgIpc) is 3.03. The van der Waals surface area contributed by atoms with Crippen molar-refractivity contribution in [2.45, 2.75) is 12.8 Å². The zero-order chi connectivity index (χ0) is 16.2. The minimum absolute atomic E-state index is 0.226. The van der Waals surface area contributed by atoms with Gasteiger partial charge in [0.1, 0.15) is 0 Å². The maximum atomic E-state index is 11.3. The first-order valence-corrected chi connectivity index (χ1v) is 7.54. The molecule has 0 unspecified atom stereocenters. The first-order valence-electron chi connectivity index (χ1n) is 7.16. The lowest BCUT2D eigenvalue weighted by Gasteiger charge is -2.05. The van der Waals surface area contributed by atoms with Crippen LogP contribution in [0, 0.1) is 0 Å². The molecule has 0 aliphatic heterocycles. The molecule has 116 valence electrons. The standard InChI is InChI=1S/C18H14ClNO3/c19-14-8-6-12(16(10-14)18(21)22)7-9-15-11-17(23-20-15)13-4-2-1-3-5-13/h1-6,8,10-11H,7,9H2,(H,21,22). The molecule has 23 heavy (non-hydrogen) atoms. The molecule has 1 N–H and O–H groups in total. The van der Waals surface area contributed by atoms with Crippen LogP contribution in [0.5, 0.6) is 0 Å². The molecular weight excluding hydrogens is 314 g/mol. The van der Waals surface area contributed by atoms with Crippen molar-refractivity contribution in [1.29, 1.82) is 0 Å². The highest BCUT2D eigenvalue weighted by molar-refractivity contribution is 6.30. The Bertz CT molecular complexity index is 827. The Morgan fingerprint density at radius 1 is 1.09 bits per heavy atom. The van der Waals surface area contributed by atoms with Crippen molar-refractivity contribution in [3.8, 4) is 11.3 Å². The lowest BCUT2D eigenvalue weighted by Crippen LogP contribution is -2.03. The van der Waals surface area contributed by atoms with Crippen LogP contribution in [0.25, 0.3) is 11.3 Å². The fourth-order valence-electron chi connectivity index (χ4n) is 2.40. The van der Waals surface area contributed by atoms with E-state index in [1.807, 2.05) is 36.4 Å². The summed E-state index contributed by atoms with van der Waals surface area (Å²) < 4.78 is 5.35. The molecule has 3 aromatic rings. The van der Waals surface area contributed by atoms with Gasteiger partial charge in [0.25, 0.3) is 0 Å². The molecule has 0 aliphatic carbocycles. The van der Waals surface area contributed by atoms with Gasteiger partial charge in [0.05, 0.1) is 11.3 Å². The van der Waals surface area contributed by atoms with Crippen molar-refractivity contribution in [1.82, 2.24) is 5.16 Å². The van der Waals surface area contributed by atoms with E-state index in [9.17, 15) is 9.90 Å². The number of nitrogens with zero attached hydrogens (tertiary/aromatic N) is 1. The number of carbonyl (C=O) groups is 1. The number of benzene rings is 2. The molecular formula is C18H14ClNO3. The number of aryl methyl sites for hydroxylation is 2. The maximum Gasteiger partial charge on any atom is 0.336 e. The zero-order valence-electron chi connectivity index (χ0n) is 12.2. The lowest BCUT2D eigenvalue weighted by molar-refractivity contribution is 0.0695. The Labute approximate surface area is 138 Å². The van der Waals surface area contributed by atoms with Crippen molar-refractivity contribution in [3.63, 3.8) is 0 Å². The van der Waals surface area contributed by atoms with Gasteiger partial charge in [-0.25, -0.2) is 4.79 Å². The highest BCUT2D eigenvalue weighted by Gasteiger charge is 2.12. The van der Waals surface area contributed by atoms with Crippen LogP contribution in [0.15, 0.2) is 59.1 Å². The normalized spacial score (nSPS) is 10.7. The van der Waals surface area contributed by atoms with Gasteiger partial charge >= 0.3 is 5.97 Å². The van der Waals surface area contributed by atoms with E-state index >= 15 is 0 Å². The van der Waals surface area contributed by atoms with Gasteiger partial charge in [-0.2, -0.15) is 0 Å². The molecule has 0 amide bonds. The van der Waals surface area contributed by atoms with Crippen molar-refractivity contribution in [2.24, 2.45) is 0 Å². The van der Waals surface area contributed by atoms with Gasteiger partial charge in [0, 0.05) is 16.7 Å². The lowest BCUT2D eigenvalue weighted by atomic mass is 10.0. The predicted octanol–water partition coefficient (Wildman–Crippen LogP) is 4.48. The van der Waals surface area contributed by atoms with Crippen LogP contribution in [0.4, 0.5) is 0 Å². The van der Waals surface area contributed by atoms with E-state index in [1.165, 1.54) is 6.07 Å². The Morgan fingerprint density at radius 2 is 1.87 bits per heavy atom. The highest BCUT2D eigenvalue weighted by Crippen LogP contribution is 2.22. The molecule has 0 bridgehead atoms. The van der Waals surface area contributed by atoms with E-state index in [4.69, 9.17) is 16.1 Å². The smallest absolute Gasteiger partial charge is 0.336 e. The molecule has 4 nitrogen and oxygen atoms in total. The summed E-state index contributed by atoms with van der Waals surface area (Å²) in [5.41, 5.74) is 2.70. The number of hydrogen-bond acceptors (Lipinski definition) is 3. The highest BCUT2D eigenvalue weighted by atomic mass is 35.5. The van der Waals surface area contributed by atoms with Crippen LogP contribution in [0.1, 0.15) is 21.6 Å². The summed E-state index contributed by atoms with van der Waals surface area (Å²) in [6.45, 7) is 0. The summed E-state index contributed by atoms with van der Waals surface area (Å²) in [7, 11) is 0. The van der Waals surface area contributed by atoms with Crippen LogP contribution >= 0.6 is 11.6 Å². The minimum atomic E-state index is -0.979. The van der Waals surface area contributed by atoms with E-state index in [-0.39, 0.29) is 5.56 Å². The molecule has 5 heteroatoms. The molecule has 1 aromatic heterocycles. The van der Waals surface area contributed by atoms with Gasteiger partial charge in [-0.1, -0.05) is 53.2 Å². The molecule has 0 aliphatic rings. The summed E-state index contributed by atoms with van der Waals surface area (Å²) >= 11 is 5.86. The van der Waals surface area contributed by atoms with Gasteiger partial charge in [0.2, 0.25) is 0 Å². The van der Waals surface area contributed by atoms with E-state index in [1.54, 1.807) is 12.1 Å². The third-order valence-corrected chi connectivity index (χ3v) is 3.81. The van der Waals surface area contributed by atoms with Crippen LogP contribution in [0.2, 0.25) is 5.02 Å². The summed E-state index contributed by atoms with van der Waals surface area (Å²) in [4.78, 5) is 11.3. The Hall–Kier alpha value is -2.59. The molecule has 1 heterocycles. The fourth-order valence-corrected chi connectivity index (χ4v) is 2.57. The summed E-state index contributed by atoms with van der Waals surface area (Å²) in [6, 6.07) is 16.5. The number of aromatic carboxylic acids is 1. The number of halogens is 1. The molecule has 0 fully saturated rings. The van der Waals surface area contributed by atoms with E-state index in [0.717, 1.165) is 16.8 Å². The SMILES string of the molecule is O=C(O)c1cc(Cl)ccc1CCc1cc(-c2ccccc2)on1. The maximum absolute atomic E-state index is 11.3. The second-order valence-corrected chi connectivity index (χ2v) is 5.59. The van der Waals surface area contributed by atoms with Gasteiger partial charge in [-0.3, -0.25) is 0 Å². The minimum Gasteiger partial charge on any atom is -0.478 e. The van der Waals surface area contributed by atoms with Gasteiger partial charge in [0.15, 0.2) is 5.76 Å². The monoisotopic (exact) mass is 327 g/mol. The number of carboxylic acid groups (broad SMARTS) is 1. The first-order chi connectivity index (χ1) is 11.1. The third kappa shape index (κ3) is 3.60. The van der Waals surface area contributed by atoms with Gasteiger partial charge < -0.3 is 9.63 Å². The van der Waals surface area contributed by atoms with Crippen LogP contribution in [-0.2, 0) is 12.8 Å². The van der Waals surface area contributed by atoms with Crippen molar-refractivity contribution >= 4 is 17.6 Å². The van der Waals surface area contributed by atoms with E-state index < -0.39 is 5.97 Å². The number of aromatic nitrogens is 1. The van der Waals surface area contributed by atoms with E-state index in [0.29, 0.717) is 23.6 Å². The van der Waals surface area contributed by atoms with Crippen molar-refractivity contribution < 1.29 is 14.4 Å². The van der Waals surface area contributed by atoms with Crippen LogP contribution in [-0.4, -0.2) is 16.2 Å². The second kappa shape index (κ2) is 6.67. The van der Waals surface area contributed by atoms with Gasteiger partial charge in [-0.15, -0.1) is 0 Å². The van der Waals surface area contributed by atoms with Crippen LogP contribution in [0.3, 0.4) is 0 Å². The van der Waals surface area contributed by atoms with Crippen molar-refractivity contribution in [2.75, 3.05) is 0 Å². The summed E-state index contributed by atoms with van der Waals surface area (Å²) in [6.07, 6.45) is 1.15. The average molecular weight is 328 g/mol. The molecule has 0 atom stereocenters. The molecule has 0 saturated heterocycles. The van der Waals surface area contributed by atoms with Gasteiger partial charge in [-0.05, 0) is 30.5 Å². The number of carboxylic acids is 1. The summed E-state index contributed by atoms with van der Waals surface area (Å²) in [5.74, 6) is -0.275. The van der Waals surface area contributed by atoms with Crippen molar-refractivity contribution in [3.05, 3.63) is 76.4 Å². The van der Waals surface area contributed by atoms with Crippen LogP contribution < -0.4 is 0 Å². The van der Waals surface area contributed by atoms with E-state index in [2.05, 4.69) is 5.16 Å². The molecule has 3 rings (SSSR count). The quantitative estimate of drug-likeness (QED) is 0.750. The first kappa shape index (κ1) is 15.3. The fraction of sp³-hybridized carbons (Fsp3) is 0.111. The summed E-state index contributed by atoms with van der Waals surface area (Å²) in [5, 5.41) is 13.7. The zero-order valence-corrected chi connectivity index (χ0v) is 13.0. The molecule has 0 saturated carbocycles. The molecule has 0 spiro atoms. The molecule has 2 aromatic carbocycles. The topological polar surface area (TPSA) is 63.3 Å². The second-order valence-electron chi connectivity index (χ2n) is 5.16. The third-order valence-electron chi connectivity index (χ3n) is 3.57. The Kier molecular flexibility index (Phi) is 4.44. The Balaban J connectivity index is 1.75. The number of rotatable bonds is 5. The predicted molar refractivity (Wildman–Crippen MR) is 87.8 cm³/mol. The largest absolute Gasteiger partial charge is 0.478 e. The number of hydrogen-bond donors (Lipinski definition) is 1. The Morgan fingerprint density at radius 3 is 2.61 bits per heavy atom. The molecule has 0 radical (unpaired) electrons.